The average molecular weight is 132 g/mol. The highest BCUT2D eigenvalue weighted by molar-refractivity contribution is 5.73. The van der Waals surface area contributed by atoms with Crippen LogP contribution < -0.4 is 11.5 Å². The van der Waals surface area contributed by atoms with Gasteiger partial charge in [0.2, 0.25) is 0 Å². The Morgan fingerprint density at radius 1 is 1.67 bits per heavy atom. The molecule has 0 spiro atoms. The Bertz CT molecular complexity index is 99.1. The molecule has 1 aliphatic heterocycles. The maximum atomic E-state index is 10.1. The zero-order valence-electron chi connectivity index (χ0n) is 5.26. The lowest BCUT2D eigenvalue weighted by Gasteiger charge is -1.99. The maximum absolute atomic E-state index is 10.1. The number of aliphatic carboxylic acids is 1. The Kier molecular flexibility index (Phi) is 3.19. The number of carbonyl (C=O) groups is 1. The first-order chi connectivity index (χ1) is 3.80. The molecule has 5 N–H and O–H groups in total. The third kappa shape index (κ3) is 1.99. The molecule has 1 saturated heterocycles. The molecule has 1 fully saturated rings. The number of carboxylic acid groups (broad SMARTS) is 1. The zero-order valence-corrected chi connectivity index (χ0v) is 5.26. The molecule has 0 aromatic carbocycles. The van der Waals surface area contributed by atoms with E-state index in [1.165, 1.54) is 0 Å². The van der Waals surface area contributed by atoms with Crippen molar-refractivity contribution in [2.45, 2.75) is 18.9 Å². The lowest BCUT2D eigenvalue weighted by molar-refractivity contribution is -0.139. The minimum Gasteiger partial charge on any atom is -0.480 e. The summed E-state index contributed by atoms with van der Waals surface area (Å²) in [7, 11) is 0. The van der Waals surface area contributed by atoms with Crippen LogP contribution in [0.5, 0.6) is 0 Å². The van der Waals surface area contributed by atoms with Gasteiger partial charge in [-0.25, -0.2) is 0 Å². The van der Waals surface area contributed by atoms with Gasteiger partial charge in [-0.2, -0.15) is 0 Å². The van der Waals surface area contributed by atoms with Gasteiger partial charge in [-0.1, -0.05) is 0 Å². The fourth-order valence-electron chi connectivity index (χ4n) is 0.895. The normalized spacial score (nSPS) is 25.1. The first-order valence-corrected chi connectivity index (χ1v) is 2.77. The predicted molar refractivity (Wildman–Crippen MR) is 33.7 cm³/mol. The van der Waals surface area contributed by atoms with Crippen molar-refractivity contribution in [3.63, 3.8) is 0 Å². The Balaban J connectivity index is 0.000000640. The van der Waals surface area contributed by atoms with Crippen LogP contribution in [0.1, 0.15) is 12.8 Å². The summed E-state index contributed by atoms with van der Waals surface area (Å²) in [5.41, 5.74) is 0. The van der Waals surface area contributed by atoms with Crippen molar-refractivity contribution >= 4 is 5.97 Å². The molecular formula is C5H12N2O2. The highest BCUT2D eigenvalue weighted by Gasteiger charge is 2.20. The molecule has 0 aliphatic carbocycles. The van der Waals surface area contributed by atoms with Crippen LogP contribution in [0.4, 0.5) is 0 Å². The Morgan fingerprint density at radius 3 is 2.56 bits per heavy atom. The van der Waals surface area contributed by atoms with Crippen LogP contribution in [0.25, 0.3) is 0 Å². The smallest absolute Gasteiger partial charge is 0.320 e. The monoisotopic (exact) mass is 132 g/mol. The summed E-state index contributed by atoms with van der Waals surface area (Å²) in [5, 5.41) is 11.2. The molecule has 0 bridgehead atoms. The van der Waals surface area contributed by atoms with Crippen molar-refractivity contribution in [2.24, 2.45) is 0 Å². The summed E-state index contributed by atoms with van der Waals surface area (Å²) >= 11 is 0. The molecule has 0 radical (unpaired) electrons. The molecule has 54 valence electrons. The molecule has 0 amide bonds. The number of hydrogen-bond acceptors (Lipinski definition) is 3. The molecule has 1 atom stereocenters. The number of nitrogens with one attached hydrogen (secondary N) is 1. The van der Waals surface area contributed by atoms with Crippen LogP contribution in [0.3, 0.4) is 0 Å². The fraction of sp³-hybridized carbons (Fsp3) is 0.800. The Hall–Kier alpha value is -0.610. The van der Waals surface area contributed by atoms with Crippen molar-refractivity contribution < 1.29 is 9.90 Å². The highest BCUT2D eigenvalue weighted by Crippen LogP contribution is 2.03. The van der Waals surface area contributed by atoms with E-state index in [4.69, 9.17) is 5.11 Å². The largest absolute Gasteiger partial charge is 0.480 e. The third-order valence-corrected chi connectivity index (χ3v) is 1.36. The molecule has 4 nitrogen and oxygen atoms in total. The molecule has 4 heteroatoms. The second-order valence-electron chi connectivity index (χ2n) is 1.99. The topological polar surface area (TPSA) is 84.3 Å². The van der Waals surface area contributed by atoms with Crippen molar-refractivity contribution in [2.75, 3.05) is 6.54 Å². The van der Waals surface area contributed by atoms with E-state index in [-0.39, 0.29) is 12.2 Å². The molecule has 1 rings (SSSR count). The molecular weight excluding hydrogens is 120 g/mol. The van der Waals surface area contributed by atoms with E-state index >= 15 is 0 Å². The first kappa shape index (κ1) is 8.39. The van der Waals surface area contributed by atoms with E-state index in [1.807, 2.05) is 0 Å². The van der Waals surface area contributed by atoms with Crippen molar-refractivity contribution in [3.8, 4) is 0 Å². The highest BCUT2D eigenvalue weighted by atomic mass is 16.4. The summed E-state index contributed by atoms with van der Waals surface area (Å²) in [5.74, 6) is -0.720. The van der Waals surface area contributed by atoms with Gasteiger partial charge in [-0.3, -0.25) is 4.79 Å². The van der Waals surface area contributed by atoms with Crippen LogP contribution in [0.15, 0.2) is 0 Å². The Labute approximate surface area is 53.8 Å². The van der Waals surface area contributed by atoms with Crippen LogP contribution >= 0.6 is 0 Å². The fourth-order valence-corrected chi connectivity index (χ4v) is 0.895. The van der Waals surface area contributed by atoms with E-state index in [0.717, 1.165) is 19.4 Å². The van der Waals surface area contributed by atoms with Crippen LogP contribution in [0.2, 0.25) is 0 Å². The zero-order chi connectivity index (χ0) is 5.98. The molecule has 1 heterocycles. The van der Waals surface area contributed by atoms with Gasteiger partial charge in [-0.05, 0) is 19.4 Å². The molecule has 9 heavy (non-hydrogen) atoms. The van der Waals surface area contributed by atoms with Gasteiger partial charge in [0.1, 0.15) is 6.04 Å². The van der Waals surface area contributed by atoms with E-state index in [2.05, 4.69) is 5.32 Å². The minimum atomic E-state index is -0.720. The van der Waals surface area contributed by atoms with E-state index in [0.29, 0.717) is 0 Å². The molecule has 1 aliphatic rings. The predicted octanol–water partition coefficient (Wildman–Crippen LogP) is -0.0150. The van der Waals surface area contributed by atoms with E-state index < -0.39 is 5.97 Å². The summed E-state index contributed by atoms with van der Waals surface area (Å²) in [6.07, 6.45) is 1.78. The number of hydrogen-bond donors (Lipinski definition) is 3. The molecule has 1 unspecified atom stereocenters. The lowest BCUT2D eigenvalue weighted by atomic mass is 10.2. The van der Waals surface area contributed by atoms with Gasteiger partial charge < -0.3 is 16.6 Å². The summed E-state index contributed by atoms with van der Waals surface area (Å²) in [6, 6.07) is -0.269. The summed E-state index contributed by atoms with van der Waals surface area (Å²) in [6.45, 7) is 0.858. The SMILES string of the molecule is N.O=C(O)C1CCCN1. The van der Waals surface area contributed by atoms with E-state index in [1.54, 1.807) is 0 Å². The molecule has 0 aromatic rings. The van der Waals surface area contributed by atoms with Crippen LogP contribution in [-0.2, 0) is 4.79 Å². The van der Waals surface area contributed by atoms with Gasteiger partial charge in [-0.15, -0.1) is 0 Å². The van der Waals surface area contributed by atoms with Gasteiger partial charge in [0.25, 0.3) is 0 Å². The summed E-state index contributed by atoms with van der Waals surface area (Å²) < 4.78 is 0. The van der Waals surface area contributed by atoms with Gasteiger partial charge in [0, 0.05) is 0 Å². The lowest BCUT2D eigenvalue weighted by Crippen LogP contribution is -2.29. The van der Waals surface area contributed by atoms with Crippen LogP contribution in [-0.4, -0.2) is 23.7 Å². The van der Waals surface area contributed by atoms with Crippen molar-refractivity contribution in [1.29, 1.82) is 0 Å². The average Bonchev–Trinajstić information content (AvgIpc) is 2.12. The van der Waals surface area contributed by atoms with Crippen molar-refractivity contribution in [3.05, 3.63) is 0 Å². The van der Waals surface area contributed by atoms with Gasteiger partial charge in [0.05, 0.1) is 0 Å². The second kappa shape index (κ2) is 3.42. The van der Waals surface area contributed by atoms with E-state index in [9.17, 15) is 4.79 Å². The molecule has 0 saturated carbocycles. The standard InChI is InChI=1S/C5H9NO2.H3N/c7-5(8)4-2-1-3-6-4;/h4,6H,1-3H2,(H,7,8);1H3. The van der Waals surface area contributed by atoms with Crippen LogP contribution in [0, 0.1) is 0 Å². The first-order valence-electron chi connectivity index (χ1n) is 2.77. The molecule has 0 aromatic heterocycles. The quantitative estimate of drug-likeness (QED) is 0.468. The number of carboxylic acids is 1. The van der Waals surface area contributed by atoms with Gasteiger partial charge in [0.15, 0.2) is 0 Å². The minimum absolute atomic E-state index is 0. The second-order valence-corrected chi connectivity index (χ2v) is 1.99. The van der Waals surface area contributed by atoms with Crippen molar-refractivity contribution in [1.82, 2.24) is 11.5 Å². The maximum Gasteiger partial charge on any atom is 0.320 e. The third-order valence-electron chi connectivity index (χ3n) is 1.36. The Morgan fingerprint density at radius 2 is 2.33 bits per heavy atom. The summed E-state index contributed by atoms with van der Waals surface area (Å²) in [4.78, 5) is 10.1. The number of rotatable bonds is 1. The van der Waals surface area contributed by atoms with Gasteiger partial charge >= 0.3 is 5.97 Å².